The first-order valence-corrected chi connectivity index (χ1v) is 9.99. The second-order valence-electron chi connectivity index (χ2n) is 9.15. The molecule has 29 heavy (non-hydrogen) atoms. The van der Waals surface area contributed by atoms with Crippen LogP contribution in [-0.2, 0) is 26.8 Å². The fourth-order valence-electron chi connectivity index (χ4n) is 4.52. The fourth-order valence-corrected chi connectivity index (χ4v) is 4.52. The van der Waals surface area contributed by atoms with E-state index in [9.17, 15) is 9.59 Å². The van der Waals surface area contributed by atoms with Crippen LogP contribution in [-0.4, -0.2) is 24.5 Å². The molecule has 2 aromatic rings. The van der Waals surface area contributed by atoms with Crippen molar-refractivity contribution in [2.45, 2.75) is 57.4 Å². The highest BCUT2D eigenvalue weighted by molar-refractivity contribution is 5.87. The molecule has 0 saturated carbocycles. The molecule has 0 bridgehead atoms. The van der Waals surface area contributed by atoms with E-state index in [1.165, 1.54) is 11.1 Å². The average molecular weight is 395 g/mol. The highest BCUT2D eigenvalue weighted by Gasteiger charge is 2.41. The summed E-state index contributed by atoms with van der Waals surface area (Å²) in [6.45, 7) is 8.81. The molecule has 5 heteroatoms. The third-order valence-corrected chi connectivity index (χ3v) is 5.66. The predicted octanol–water partition coefficient (Wildman–Crippen LogP) is 3.24. The molecule has 0 saturated heterocycles. The van der Waals surface area contributed by atoms with E-state index < -0.39 is 11.9 Å². The molecule has 2 amide bonds. The average Bonchev–Trinajstić information content (AvgIpc) is 2.84. The Morgan fingerprint density at radius 3 is 2.34 bits per heavy atom. The monoisotopic (exact) mass is 394 g/mol. The van der Waals surface area contributed by atoms with E-state index in [4.69, 9.17) is 10.5 Å². The van der Waals surface area contributed by atoms with Crippen molar-refractivity contribution in [3.8, 4) is 5.75 Å². The van der Waals surface area contributed by atoms with E-state index in [1.54, 1.807) is 0 Å². The van der Waals surface area contributed by atoms with Crippen molar-refractivity contribution in [1.29, 1.82) is 0 Å². The zero-order valence-electron chi connectivity index (χ0n) is 17.6. The first-order chi connectivity index (χ1) is 13.6. The Balaban J connectivity index is 1.63. The predicted molar refractivity (Wildman–Crippen MR) is 114 cm³/mol. The van der Waals surface area contributed by atoms with Crippen LogP contribution in [0.3, 0.4) is 0 Å². The van der Waals surface area contributed by atoms with Crippen molar-refractivity contribution in [3.05, 3.63) is 65.2 Å². The lowest BCUT2D eigenvalue weighted by Gasteiger charge is -2.22. The lowest BCUT2D eigenvalue weighted by atomic mass is 9.82. The molecule has 2 aromatic carbocycles. The van der Waals surface area contributed by atoms with Gasteiger partial charge in [-0.15, -0.1) is 0 Å². The number of fused-ring (bicyclic) bond motifs is 1. The summed E-state index contributed by atoms with van der Waals surface area (Å²) < 4.78 is 5.72. The van der Waals surface area contributed by atoms with Gasteiger partial charge in [0.05, 0.1) is 0 Å². The Morgan fingerprint density at radius 2 is 1.69 bits per heavy atom. The molecule has 0 aliphatic heterocycles. The maximum atomic E-state index is 12.3. The zero-order valence-corrected chi connectivity index (χ0v) is 17.6. The summed E-state index contributed by atoms with van der Waals surface area (Å²) >= 11 is 0. The second-order valence-corrected chi connectivity index (χ2v) is 9.15. The summed E-state index contributed by atoms with van der Waals surface area (Å²) in [7, 11) is 0. The molecular formula is C24H30N2O3. The van der Waals surface area contributed by atoms with Crippen molar-refractivity contribution in [2.75, 3.05) is 6.61 Å². The van der Waals surface area contributed by atoms with Crippen LogP contribution >= 0.6 is 0 Å². The molecule has 0 spiro atoms. The van der Waals surface area contributed by atoms with E-state index in [2.05, 4.69) is 39.1 Å². The molecule has 0 heterocycles. The molecule has 0 aromatic heterocycles. The topological polar surface area (TPSA) is 81.4 Å². The van der Waals surface area contributed by atoms with Crippen molar-refractivity contribution in [1.82, 2.24) is 5.32 Å². The number of carbonyl (C=O) groups excluding carboxylic acids is 2. The van der Waals surface area contributed by atoms with Gasteiger partial charge >= 0.3 is 0 Å². The van der Waals surface area contributed by atoms with E-state index >= 15 is 0 Å². The lowest BCUT2D eigenvalue weighted by Crippen LogP contribution is -2.47. The standard InChI is InChI=1S/C24H30N2O3/c1-23(2)15-24(3,4)19-13-17(10-11-18(19)23)29-14-21(27)26-20(22(25)28)12-16-8-6-5-7-9-16/h5-11,13,20H,12,14-15H2,1-4H3,(H2,25,28)(H,26,27). The summed E-state index contributed by atoms with van der Waals surface area (Å²) in [5.41, 5.74) is 9.18. The normalized spacial score (nSPS) is 17.2. The first kappa shape index (κ1) is 20.9. The van der Waals surface area contributed by atoms with Crippen molar-refractivity contribution in [2.24, 2.45) is 5.73 Å². The van der Waals surface area contributed by atoms with Crippen LogP contribution in [0.25, 0.3) is 0 Å². The van der Waals surface area contributed by atoms with Gasteiger partial charge in [0, 0.05) is 6.42 Å². The van der Waals surface area contributed by atoms with Gasteiger partial charge < -0.3 is 15.8 Å². The number of primary amides is 1. The van der Waals surface area contributed by atoms with Gasteiger partial charge in [-0.05, 0) is 46.1 Å². The van der Waals surface area contributed by atoms with Gasteiger partial charge in [0.15, 0.2) is 6.61 Å². The summed E-state index contributed by atoms with van der Waals surface area (Å²) in [5, 5.41) is 2.68. The van der Waals surface area contributed by atoms with Gasteiger partial charge in [0.2, 0.25) is 5.91 Å². The lowest BCUT2D eigenvalue weighted by molar-refractivity contribution is -0.128. The van der Waals surface area contributed by atoms with Crippen LogP contribution < -0.4 is 15.8 Å². The number of nitrogens with one attached hydrogen (secondary N) is 1. The summed E-state index contributed by atoms with van der Waals surface area (Å²) in [4.78, 5) is 24.1. The Morgan fingerprint density at radius 1 is 1.03 bits per heavy atom. The zero-order chi connectivity index (χ0) is 21.2. The molecule has 1 aliphatic rings. The minimum atomic E-state index is -0.770. The highest BCUT2D eigenvalue weighted by atomic mass is 16.5. The summed E-state index contributed by atoms with van der Waals surface area (Å²) in [6.07, 6.45) is 1.42. The Labute approximate surface area is 172 Å². The van der Waals surface area contributed by atoms with Gasteiger partial charge in [-0.2, -0.15) is 0 Å². The molecule has 0 radical (unpaired) electrons. The highest BCUT2D eigenvalue weighted by Crippen LogP contribution is 2.50. The van der Waals surface area contributed by atoms with Crippen LogP contribution in [0.15, 0.2) is 48.5 Å². The number of hydrogen-bond acceptors (Lipinski definition) is 3. The van der Waals surface area contributed by atoms with Crippen LogP contribution in [0.4, 0.5) is 0 Å². The van der Waals surface area contributed by atoms with Crippen LogP contribution in [0, 0.1) is 0 Å². The molecular weight excluding hydrogens is 364 g/mol. The second kappa shape index (κ2) is 7.90. The van der Waals surface area contributed by atoms with Gasteiger partial charge in [0.1, 0.15) is 11.8 Å². The van der Waals surface area contributed by atoms with Crippen LogP contribution in [0.5, 0.6) is 5.75 Å². The van der Waals surface area contributed by atoms with Gasteiger partial charge in [-0.1, -0.05) is 64.1 Å². The number of carbonyl (C=O) groups is 2. The molecule has 1 aliphatic carbocycles. The van der Waals surface area contributed by atoms with Gasteiger partial charge in [-0.3, -0.25) is 9.59 Å². The quantitative estimate of drug-likeness (QED) is 0.756. The SMILES string of the molecule is CC1(C)CC(C)(C)c2cc(OCC(=O)NC(Cc3ccccc3)C(N)=O)ccc21. The molecule has 0 fully saturated rings. The van der Waals surface area contributed by atoms with Crippen LogP contribution in [0.1, 0.15) is 50.8 Å². The molecule has 3 N–H and O–H groups in total. The van der Waals surface area contributed by atoms with E-state index in [-0.39, 0.29) is 23.3 Å². The fraction of sp³-hybridized carbons (Fsp3) is 0.417. The van der Waals surface area contributed by atoms with Gasteiger partial charge in [0.25, 0.3) is 5.91 Å². The van der Waals surface area contributed by atoms with Crippen molar-refractivity contribution in [3.63, 3.8) is 0 Å². The molecule has 5 nitrogen and oxygen atoms in total. The third kappa shape index (κ3) is 4.78. The smallest absolute Gasteiger partial charge is 0.258 e. The van der Waals surface area contributed by atoms with E-state index in [0.29, 0.717) is 12.2 Å². The number of ether oxygens (including phenoxy) is 1. The Bertz CT molecular complexity index is 904. The number of nitrogens with two attached hydrogens (primary N) is 1. The summed E-state index contributed by atoms with van der Waals surface area (Å²) in [5.74, 6) is -0.281. The number of hydrogen-bond donors (Lipinski definition) is 2. The maximum Gasteiger partial charge on any atom is 0.258 e. The minimum Gasteiger partial charge on any atom is -0.484 e. The third-order valence-electron chi connectivity index (χ3n) is 5.66. The molecule has 3 rings (SSSR count). The van der Waals surface area contributed by atoms with Crippen molar-refractivity contribution >= 4 is 11.8 Å². The molecule has 1 unspecified atom stereocenters. The Hall–Kier alpha value is -2.82. The van der Waals surface area contributed by atoms with Crippen LogP contribution in [0.2, 0.25) is 0 Å². The largest absolute Gasteiger partial charge is 0.484 e. The number of benzene rings is 2. The first-order valence-electron chi connectivity index (χ1n) is 9.99. The Kier molecular flexibility index (Phi) is 5.69. The van der Waals surface area contributed by atoms with Crippen molar-refractivity contribution < 1.29 is 14.3 Å². The number of rotatable bonds is 7. The summed E-state index contributed by atoms with van der Waals surface area (Å²) in [6, 6.07) is 14.7. The molecule has 1 atom stereocenters. The van der Waals surface area contributed by atoms with E-state index in [1.807, 2.05) is 42.5 Å². The van der Waals surface area contributed by atoms with Gasteiger partial charge in [-0.25, -0.2) is 0 Å². The maximum absolute atomic E-state index is 12.3. The minimum absolute atomic E-state index is 0.0627. The van der Waals surface area contributed by atoms with E-state index in [0.717, 1.165) is 12.0 Å². The molecule has 154 valence electrons. The number of amides is 2.